The summed E-state index contributed by atoms with van der Waals surface area (Å²) in [5, 5.41) is 6.22. The lowest BCUT2D eigenvalue weighted by Gasteiger charge is -2.22. The Labute approximate surface area is 101 Å². The number of carbonyl (C=O) groups excluding carboxylic acids is 1. The molecule has 1 saturated heterocycles. The highest BCUT2D eigenvalue weighted by Crippen LogP contribution is 2.09. The van der Waals surface area contributed by atoms with Crippen LogP contribution in [0, 0.1) is 12.8 Å². The van der Waals surface area contributed by atoms with Crippen molar-refractivity contribution < 1.29 is 4.79 Å². The van der Waals surface area contributed by atoms with Gasteiger partial charge in [0.15, 0.2) is 0 Å². The van der Waals surface area contributed by atoms with Crippen LogP contribution in [0.1, 0.15) is 29.0 Å². The molecule has 1 aliphatic rings. The number of carbonyl (C=O) groups is 1. The van der Waals surface area contributed by atoms with E-state index in [1.807, 2.05) is 6.92 Å². The molecule has 0 radical (unpaired) electrons. The molecule has 5 heteroatoms. The van der Waals surface area contributed by atoms with Crippen LogP contribution in [0.3, 0.4) is 0 Å². The lowest BCUT2D eigenvalue weighted by molar-refractivity contribution is 0.0939. The van der Waals surface area contributed by atoms with Crippen molar-refractivity contribution in [1.29, 1.82) is 0 Å². The third-order valence-corrected chi connectivity index (χ3v) is 3.02. The third-order valence-electron chi connectivity index (χ3n) is 3.02. The van der Waals surface area contributed by atoms with Gasteiger partial charge in [0.05, 0.1) is 11.9 Å². The molecule has 1 fully saturated rings. The van der Waals surface area contributed by atoms with E-state index in [0.717, 1.165) is 38.2 Å². The summed E-state index contributed by atoms with van der Waals surface area (Å²) in [6.45, 7) is 4.68. The summed E-state index contributed by atoms with van der Waals surface area (Å²) >= 11 is 0. The maximum atomic E-state index is 11.8. The SMILES string of the molecule is Cc1cnc(C(=O)NCC2CCNCC2)cn1. The Hall–Kier alpha value is -1.49. The zero-order chi connectivity index (χ0) is 12.1. The van der Waals surface area contributed by atoms with E-state index in [-0.39, 0.29) is 5.91 Å². The van der Waals surface area contributed by atoms with Crippen LogP contribution in [0.25, 0.3) is 0 Å². The smallest absolute Gasteiger partial charge is 0.271 e. The maximum absolute atomic E-state index is 11.8. The first kappa shape index (κ1) is 12.0. The van der Waals surface area contributed by atoms with E-state index < -0.39 is 0 Å². The number of aromatic nitrogens is 2. The fraction of sp³-hybridized carbons (Fsp3) is 0.583. The van der Waals surface area contributed by atoms with Crippen LogP contribution in [0.2, 0.25) is 0 Å². The van der Waals surface area contributed by atoms with Crippen molar-refractivity contribution in [2.24, 2.45) is 5.92 Å². The van der Waals surface area contributed by atoms with Crippen LogP contribution < -0.4 is 10.6 Å². The zero-order valence-electron chi connectivity index (χ0n) is 10.1. The number of nitrogens with one attached hydrogen (secondary N) is 2. The van der Waals surface area contributed by atoms with Crippen molar-refractivity contribution in [3.05, 3.63) is 23.8 Å². The van der Waals surface area contributed by atoms with E-state index in [1.54, 1.807) is 6.20 Å². The number of hydrogen-bond acceptors (Lipinski definition) is 4. The molecular weight excluding hydrogens is 216 g/mol. The molecule has 5 nitrogen and oxygen atoms in total. The molecule has 0 saturated carbocycles. The molecule has 0 aromatic carbocycles. The summed E-state index contributed by atoms with van der Waals surface area (Å²) in [4.78, 5) is 19.9. The largest absolute Gasteiger partial charge is 0.350 e. The van der Waals surface area contributed by atoms with Gasteiger partial charge in [0.1, 0.15) is 5.69 Å². The molecule has 0 bridgehead atoms. The predicted molar refractivity (Wildman–Crippen MR) is 64.7 cm³/mol. The molecule has 2 N–H and O–H groups in total. The summed E-state index contributed by atoms with van der Waals surface area (Å²) in [6, 6.07) is 0. The Kier molecular flexibility index (Phi) is 4.03. The van der Waals surface area contributed by atoms with Gasteiger partial charge in [-0.25, -0.2) is 4.98 Å². The van der Waals surface area contributed by atoms with Gasteiger partial charge >= 0.3 is 0 Å². The first-order chi connectivity index (χ1) is 8.25. The maximum Gasteiger partial charge on any atom is 0.271 e. The molecule has 0 aliphatic carbocycles. The monoisotopic (exact) mass is 234 g/mol. The lowest BCUT2D eigenvalue weighted by atomic mass is 9.98. The standard InChI is InChI=1S/C12H18N4O/c1-9-6-15-11(8-14-9)12(17)16-7-10-2-4-13-5-3-10/h6,8,10,13H,2-5,7H2,1H3,(H,16,17). The number of aryl methyl sites for hydroxylation is 1. The lowest BCUT2D eigenvalue weighted by Crippen LogP contribution is -2.36. The van der Waals surface area contributed by atoms with Gasteiger partial charge < -0.3 is 10.6 Å². The second kappa shape index (κ2) is 5.72. The Morgan fingerprint density at radius 1 is 1.41 bits per heavy atom. The summed E-state index contributed by atoms with van der Waals surface area (Å²) in [5.41, 5.74) is 1.21. The predicted octanol–water partition coefficient (Wildman–Crippen LogP) is 0.514. The molecule has 0 unspecified atom stereocenters. The van der Waals surface area contributed by atoms with Crippen molar-refractivity contribution in [1.82, 2.24) is 20.6 Å². The van der Waals surface area contributed by atoms with E-state index in [4.69, 9.17) is 0 Å². The zero-order valence-corrected chi connectivity index (χ0v) is 10.1. The van der Waals surface area contributed by atoms with Crippen molar-refractivity contribution in [2.75, 3.05) is 19.6 Å². The second-order valence-electron chi connectivity index (χ2n) is 4.45. The summed E-state index contributed by atoms with van der Waals surface area (Å²) in [7, 11) is 0. The highest BCUT2D eigenvalue weighted by Gasteiger charge is 2.14. The molecule has 0 spiro atoms. The number of nitrogens with zero attached hydrogens (tertiary/aromatic N) is 2. The van der Waals surface area contributed by atoms with Gasteiger partial charge in [0.2, 0.25) is 0 Å². The average Bonchev–Trinajstić information content (AvgIpc) is 2.38. The van der Waals surface area contributed by atoms with Crippen molar-refractivity contribution in [2.45, 2.75) is 19.8 Å². The Morgan fingerprint density at radius 2 is 2.18 bits per heavy atom. The normalized spacial score (nSPS) is 16.8. The molecule has 92 valence electrons. The highest BCUT2D eigenvalue weighted by atomic mass is 16.1. The minimum atomic E-state index is -0.129. The number of hydrogen-bond donors (Lipinski definition) is 2. The topological polar surface area (TPSA) is 66.9 Å². The van der Waals surface area contributed by atoms with E-state index in [0.29, 0.717) is 11.6 Å². The minimum absolute atomic E-state index is 0.129. The average molecular weight is 234 g/mol. The van der Waals surface area contributed by atoms with E-state index in [9.17, 15) is 4.79 Å². The minimum Gasteiger partial charge on any atom is -0.350 e. The van der Waals surface area contributed by atoms with Crippen molar-refractivity contribution >= 4 is 5.91 Å². The van der Waals surface area contributed by atoms with Crippen molar-refractivity contribution in [3.63, 3.8) is 0 Å². The Bertz CT molecular complexity index is 371. The fourth-order valence-electron chi connectivity index (χ4n) is 1.92. The Morgan fingerprint density at radius 3 is 2.82 bits per heavy atom. The highest BCUT2D eigenvalue weighted by molar-refractivity contribution is 5.91. The van der Waals surface area contributed by atoms with E-state index in [1.165, 1.54) is 6.20 Å². The number of piperidine rings is 1. The van der Waals surface area contributed by atoms with Gasteiger partial charge in [0.25, 0.3) is 5.91 Å². The number of amides is 1. The van der Waals surface area contributed by atoms with E-state index in [2.05, 4.69) is 20.6 Å². The van der Waals surface area contributed by atoms with Crippen LogP contribution in [0.15, 0.2) is 12.4 Å². The van der Waals surface area contributed by atoms with Gasteiger partial charge in [-0.3, -0.25) is 9.78 Å². The molecule has 17 heavy (non-hydrogen) atoms. The Balaban J connectivity index is 1.82. The van der Waals surface area contributed by atoms with Crippen LogP contribution in [-0.4, -0.2) is 35.5 Å². The third kappa shape index (κ3) is 3.49. The quantitative estimate of drug-likeness (QED) is 0.800. The van der Waals surface area contributed by atoms with Crippen LogP contribution in [0.4, 0.5) is 0 Å². The first-order valence-electron chi connectivity index (χ1n) is 6.03. The molecule has 2 heterocycles. The van der Waals surface area contributed by atoms with Gasteiger partial charge in [-0.15, -0.1) is 0 Å². The van der Waals surface area contributed by atoms with Crippen LogP contribution in [0.5, 0.6) is 0 Å². The van der Waals surface area contributed by atoms with Gasteiger partial charge in [-0.2, -0.15) is 0 Å². The molecule has 1 aromatic heterocycles. The van der Waals surface area contributed by atoms with E-state index >= 15 is 0 Å². The second-order valence-corrected chi connectivity index (χ2v) is 4.45. The summed E-state index contributed by atoms with van der Waals surface area (Å²) in [6.07, 6.45) is 5.38. The first-order valence-corrected chi connectivity index (χ1v) is 6.03. The van der Waals surface area contributed by atoms with Gasteiger partial charge in [0, 0.05) is 12.7 Å². The molecule has 1 amide bonds. The van der Waals surface area contributed by atoms with Gasteiger partial charge in [-0.05, 0) is 38.8 Å². The molecular formula is C12H18N4O. The van der Waals surface area contributed by atoms with Crippen molar-refractivity contribution in [3.8, 4) is 0 Å². The van der Waals surface area contributed by atoms with Crippen LogP contribution >= 0.6 is 0 Å². The molecule has 2 rings (SSSR count). The van der Waals surface area contributed by atoms with Crippen LogP contribution in [-0.2, 0) is 0 Å². The van der Waals surface area contributed by atoms with Gasteiger partial charge in [-0.1, -0.05) is 0 Å². The molecule has 1 aliphatic heterocycles. The molecule has 1 aromatic rings. The number of rotatable bonds is 3. The molecule has 0 atom stereocenters. The fourth-order valence-corrected chi connectivity index (χ4v) is 1.92. The summed E-state index contributed by atoms with van der Waals surface area (Å²) < 4.78 is 0. The summed E-state index contributed by atoms with van der Waals surface area (Å²) in [5.74, 6) is 0.453.